The van der Waals surface area contributed by atoms with Crippen molar-refractivity contribution in [3.8, 4) is 0 Å². The van der Waals surface area contributed by atoms with Crippen molar-refractivity contribution in [1.82, 2.24) is 4.90 Å². The molecular weight excluding hydrogens is 190 g/mol. The molecule has 88 valence electrons. The first-order chi connectivity index (χ1) is 7.40. The molecule has 2 fully saturated rings. The second-order valence-electron chi connectivity index (χ2n) is 4.53. The van der Waals surface area contributed by atoms with Crippen LogP contribution >= 0.6 is 0 Å². The Morgan fingerprint density at radius 3 is 2.40 bits per heavy atom. The molecule has 2 aliphatic heterocycles. The highest BCUT2D eigenvalue weighted by atomic mass is 16.5. The van der Waals surface area contributed by atoms with Crippen LogP contribution in [-0.4, -0.2) is 50.0 Å². The quantitative estimate of drug-likeness (QED) is 0.712. The molecule has 2 heterocycles. The number of ether oxygens (including phenoxy) is 2. The molecule has 0 atom stereocenters. The van der Waals surface area contributed by atoms with Gasteiger partial charge in [-0.3, -0.25) is 0 Å². The van der Waals surface area contributed by atoms with Crippen molar-refractivity contribution in [2.24, 2.45) is 0 Å². The Morgan fingerprint density at radius 2 is 1.80 bits per heavy atom. The fourth-order valence-electron chi connectivity index (χ4n) is 2.69. The van der Waals surface area contributed by atoms with Crippen molar-refractivity contribution in [2.75, 3.05) is 32.9 Å². The lowest BCUT2D eigenvalue weighted by Gasteiger charge is -2.39. The lowest BCUT2D eigenvalue weighted by atomic mass is 10.0. The van der Waals surface area contributed by atoms with E-state index in [4.69, 9.17) is 9.47 Å². The van der Waals surface area contributed by atoms with Crippen molar-refractivity contribution in [2.45, 2.75) is 44.8 Å². The number of nitrogens with zero attached hydrogens (tertiary/aromatic N) is 1. The summed E-state index contributed by atoms with van der Waals surface area (Å²) in [5.41, 5.74) is 0. The van der Waals surface area contributed by atoms with Gasteiger partial charge in [0.05, 0.1) is 6.10 Å². The third-order valence-electron chi connectivity index (χ3n) is 3.59. The molecule has 3 nitrogen and oxygen atoms in total. The summed E-state index contributed by atoms with van der Waals surface area (Å²) in [6.45, 7) is 7.30. The highest BCUT2D eigenvalue weighted by Crippen LogP contribution is 2.21. The first-order valence-electron chi connectivity index (χ1n) is 6.33. The SMILES string of the molecule is CCOC1CCN(C2CCOCC2)CC1. The van der Waals surface area contributed by atoms with Crippen LogP contribution in [0.1, 0.15) is 32.6 Å². The molecule has 0 unspecified atom stereocenters. The number of rotatable bonds is 3. The summed E-state index contributed by atoms with van der Waals surface area (Å²) in [5.74, 6) is 0. The molecule has 0 aromatic heterocycles. The normalized spacial score (nSPS) is 27.0. The number of hydrogen-bond acceptors (Lipinski definition) is 3. The summed E-state index contributed by atoms with van der Waals surface area (Å²) in [6.07, 6.45) is 5.39. The summed E-state index contributed by atoms with van der Waals surface area (Å²) < 4.78 is 11.1. The lowest BCUT2D eigenvalue weighted by Crippen LogP contribution is -2.45. The van der Waals surface area contributed by atoms with Crippen molar-refractivity contribution < 1.29 is 9.47 Å². The van der Waals surface area contributed by atoms with E-state index in [-0.39, 0.29) is 0 Å². The molecule has 0 radical (unpaired) electrons. The van der Waals surface area contributed by atoms with Crippen LogP contribution in [0.5, 0.6) is 0 Å². The summed E-state index contributed by atoms with van der Waals surface area (Å²) in [6, 6.07) is 0.779. The first kappa shape index (κ1) is 11.4. The van der Waals surface area contributed by atoms with Gasteiger partial charge in [-0.15, -0.1) is 0 Å². The maximum absolute atomic E-state index is 5.67. The van der Waals surface area contributed by atoms with Gasteiger partial charge in [0, 0.05) is 39.0 Å². The standard InChI is InChI=1S/C12H23NO2/c1-2-15-12-3-7-13(8-4-12)11-5-9-14-10-6-11/h11-12H,2-10H2,1H3. The summed E-state index contributed by atoms with van der Waals surface area (Å²) in [4.78, 5) is 2.64. The van der Waals surface area contributed by atoms with Gasteiger partial charge in [-0.25, -0.2) is 0 Å². The third-order valence-corrected chi connectivity index (χ3v) is 3.59. The minimum atomic E-state index is 0.520. The smallest absolute Gasteiger partial charge is 0.0599 e. The third kappa shape index (κ3) is 3.16. The van der Waals surface area contributed by atoms with Crippen LogP contribution in [0.15, 0.2) is 0 Å². The van der Waals surface area contributed by atoms with E-state index in [0.717, 1.165) is 25.9 Å². The Balaban J connectivity index is 1.72. The zero-order valence-electron chi connectivity index (χ0n) is 9.78. The van der Waals surface area contributed by atoms with Gasteiger partial charge in [0.25, 0.3) is 0 Å². The van der Waals surface area contributed by atoms with Crippen LogP contribution in [0, 0.1) is 0 Å². The van der Waals surface area contributed by atoms with E-state index in [2.05, 4.69) is 11.8 Å². The fraction of sp³-hybridized carbons (Fsp3) is 1.00. The van der Waals surface area contributed by atoms with E-state index < -0.39 is 0 Å². The van der Waals surface area contributed by atoms with Crippen LogP contribution in [0.4, 0.5) is 0 Å². The monoisotopic (exact) mass is 213 g/mol. The Morgan fingerprint density at radius 1 is 1.13 bits per heavy atom. The molecule has 15 heavy (non-hydrogen) atoms. The van der Waals surface area contributed by atoms with E-state index in [1.54, 1.807) is 0 Å². The molecule has 0 aliphatic carbocycles. The van der Waals surface area contributed by atoms with E-state index in [0.29, 0.717) is 6.10 Å². The molecular formula is C12H23NO2. The van der Waals surface area contributed by atoms with Gasteiger partial charge < -0.3 is 14.4 Å². The zero-order chi connectivity index (χ0) is 10.5. The average Bonchev–Trinajstić information content (AvgIpc) is 2.32. The predicted octanol–water partition coefficient (Wildman–Crippen LogP) is 1.67. The van der Waals surface area contributed by atoms with E-state index in [9.17, 15) is 0 Å². The maximum Gasteiger partial charge on any atom is 0.0599 e. The van der Waals surface area contributed by atoms with Gasteiger partial charge in [0.2, 0.25) is 0 Å². The van der Waals surface area contributed by atoms with Gasteiger partial charge in [0.1, 0.15) is 0 Å². The van der Waals surface area contributed by atoms with Crippen LogP contribution in [0.25, 0.3) is 0 Å². The number of piperidine rings is 1. The Labute approximate surface area is 92.7 Å². The van der Waals surface area contributed by atoms with Crippen molar-refractivity contribution in [3.05, 3.63) is 0 Å². The van der Waals surface area contributed by atoms with Crippen molar-refractivity contribution in [1.29, 1.82) is 0 Å². The topological polar surface area (TPSA) is 21.7 Å². The summed E-state index contributed by atoms with van der Waals surface area (Å²) in [7, 11) is 0. The second kappa shape index (κ2) is 5.83. The van der Waals surface area contributed by atoms with Gasteiger partial charge >= 0.3 is 0 Å². The summed E-state index contributed by atoms with van der Waals surface area (Å²) >= 11 is 0. The van der Waals surface area contributed by atoms with Gasteiger partial charge in [0.15, 0.2) is 0 Å². The highest BCUT2D eigenvalue weighted by molar-refractivity contribution is 4.80. The minimum Gasteiger partial charge on any atom is -0.381 e. The van der Waals surface area contributed by atoms with Crippen molar-refractivity contribution in [3.63, 3.8) is 0 Å². The zero-order valence-corrected chi connectivity index (χ0v) is 9.78. The van der Waals surface area contributed by atoms with Gasteiger partial charge in [-0.2, -0.15) is 0 Å². The molecule has 0 aromatic rings. The Hall–Kier alpha value is -0.120. The first-order valence-corrected chi connectivity index (χ1v) is 6.33. The molecule has 0 spiro atoms. The van der Waals surface area contributed by atoms with Gasteiger partial charge in [-0.1, -0.05) is 0 Å². The molecule has 0 saturated carbocycles. The number of likely N-dealkylation sites (tertiary alicyclic amines) is 1. The molecule has 0 aromatic carbocycles. The molecule has 0 N–H and O–H groups in total. The van der Waals surface area contributed by atoms with Crippen molar-refractivity contribution >= 4 is 0 Å². The van der Waals surface area contributed by atoms with Crippen LogP contribution in [0.3, 0.4) is 0 Å². The van der Waals surface area contributed by atoms with Crippen LogP contribution in [-0.2, 0) is 9.47 Å². The highest BCUT2D eigenvalue weighted by Gasteiger charge is 2.26. The molecule has 0 bridgehead atoms. The van der Waals surface area contributed by atoms with Gasteiger partial charge in [-0.05, 0) is 32.6 Å². The van der Waals surface area contributed by atoms with Crippen LogP contribution in [0.2, 0.25) is 0 Å². The minimum absolute atomic E-state index is 0.520. The second-order valence-corrected chi connectivity index (χ2v) is 4.53. The molecule has 2 rings (SSSR count). The Bertz CT molecular complexity index is 172. The Kier molecular flexibility index (Phi) is 4.42. The average molecular weight is 213 g/mol. The maximum atomic E-state index is 5.67. The van der Waals surface area contributed by atoms with E-state index >= 15 is 0 Å². The van der Waals surface area contributed by atoms with E-state index in [1.807, 2.05) is 0 Å². The molecule has 2 saturated heterocycles. The predicted molar refractivity (Wildman–Crippen MR) is 60.1 cm³/mol. The lowest BCUT2D eigenvalue weighted by molar-refractivity contribution is -0.0187. The molecule has 0 amide bonds. The largest absolute Gasteiger partial charge is 0.381 e. The van der Waals surface area contributed by atoms with E-state index in [1.165, 1.54) is 38.8 Å². The van der Waals surface area contributed by atoms with Crippen LogP contribution < -0.4 is 0 Å². The fourth-order valence-corrected chi connectivity index (χ4v) is 2.69. The molecule has 2 aliphatic rings. The number of hydrogen-bond donors (Lipinski definition) is 0. The summed E-state index contributed by atoms with van der Waals surface area (Å²) in [5, 5.41) is 0. The molecule has 3 heteroatoms.